The van der Waals surface area contributed by atoms with Gasteiger partial charge in [0, 0.05) is 42.2 Å². The van der Waals surface area contributed by atoms with Crippen LogP contribution in [0.3, 0.4) is 0 Å². The Kier molecular flexibility index (Phi) is 6.44. The Morgan fingerprint density at radius 2 is 2.03 bits per heavy atom. The van der Waals surface area contributed by atoms with Crippen LogP contribution in [-0.4, -0.2) is 46.9 Å². The second-order valence-corrected chi connectivity index (χ2v) is 9.21. The summed E-state index contributed by atoms with van der Waals surface area (Å²) in [5.74, 6) is 2.86. The van der Waals surface area contributed by atoms with Gasteiger partial charge in [-0.05, 0) is 31.7 Å². The van der Waals surface area contributed by atoms with Crippen LogP contribution in [0.4, 0.5) is 5.82 Å². The number of amides is 2. The minimum absolute atomic E-state index is 0.0258. The van der Waals surface area contributed by atoms with Gasteiger partial charge in [-0.2, -0.15) is 0 Å². The number of nitrogens with zero attached hydrogens (tertiary/aromatic N) is 4. The fourth-order valence-corrected chi connectivity index (χ4v) is 4.64. The number of piperidine rings is 1. The third-order valence-electron chi connectivity index (χ3n) is 6.34. The summed E-state index contributed by atoms with van der Waals surface area (Å²) >= 11 is 0. The number of ether oxygens (including phenoxy) is 1. The summed E-state index contributed by atoms with van der Waals surface area (Å²) < 4.78 is 5.47. The summed E-state index contributed by atoms with van der Waals surface area (Å²) in [6, 6.07) is 7.74. The van der Waals surface area contributed by atoms with Crippen LogP contribution in [0.2, 0.25) is 0 Å². The van der Waals surface area contributed by atoms with Crippen molar-refractivity contribution >= 4 is 17.6 Å². The highest BCUT2D eigenvalue weighted by Crippen LogP contribution is 2.34. The first-order valence-electron chi connectivity index (χ1n) is 11.4. The molecule has 1 saturated heterocycles. The number of rotatable bonds is 6. The van der Waals surface area contributed by atoms with Crippen molar-refractivity contribution in [1.82, 2.24) is 14.9 Å². The van der Waals surface area contributed by atoms with Gasteiger partial charge < -0.3 is 9.64 Å². The fourth-order valence-electron chi connectivity index (χ4n) is 4.64. The smallest absolute Gasteiger partial charge is 0.233 e. The second-order valence-electron chi connectivity index (χ2n) is 9.21. The third-order valence-corrected chi connectivity index (χ3v) is 6.34. The summed E-state index contributed by atoms with van der Waals surface area (Å²) in [5, 5.41) is 0. The van der Waals surface area contributed by atoms with Crippen LogP contribution >= 0.6 is 0 Å². The van der Waals surface area contributed by atoms with E-state index >= 15 is 0 Å². The van der Waals surface area contributed by atoms with Gasteiger partial charge in [-0.1, -0.05) is 32.0 Å². The summed E-state index contributed by atoms with van der Waals surface area (Å²) in [4.78, 5) is 38.9. The van der Waals surface area contributed by atoms with Gasteiger partial charge in [0.1, 0.15) is 17.4 Å². The number of carbonyl (C=O) groups is 2. The van der Waals surface area contributed by atoms with Crippen LogP contribution in [0.15, 0.2) is 24.3 Å². The van der Waals surface area contributed by atoms with Gasteiger partial charge in [0.05, 0.1) is 20.1 Å². The van der Waals surface area contributed by atoms with Gasteiger partial charge in [-0.25, -0.2) is 9.97 Å². The van der Waals surface area contributed by atoms with Gasteiger partial charge in [0.25, 0.3) is 0 Å². The molecular weight excluding hydrogens is 404 g/mol. The second kappa shape index (κ2) is 9.27. The van der Waals surface area contributed by atoms with E-state index in [2.05, 4.69) is 13.8 Å². The molecule has 0 spiro atoms. The van der Waals surface area contributed by atoms with Crippen molar-refractivity contribution in [2.75, 3.05) is 25.1 Å². The van der Waals surface area contributed by atoms with Gasteiger partial charge >= 0.3 is 0 Å². The maximum absolute atomic E-state index is 12.9. The third kappa shape index (κ3) is 4.47. The molecule has 1 fully saturated rings. The van der Waals surface area contributed by atoms with Crippen molar-refractivity contribution in [3.05, 3.63) is 46.9 Å². The van der Waals surface area contributed by atoms with Crippen molar-refractivity contribution in [2.24, 2.45) is 5.92 Å². The molecule has 7 nitrogen and oxygen atoms in total. The molecule has 0 aliphatic carbocycles. The number of benzene rings is 1. The van der Waals surface area contributed by atoms with E-state index in [0.29, 0.717) is 37.7 Å². The van der Waals surface area contributed by atoms with Crippen LogP contribution in [0.5, 0.6) is 5.75 Å². The Morgan fingerprint density at radius 1 is 1.25 bits per heavy atom. The first kappa shape index (κ1) is 22.2. The van der Waals surface area contributed by atoms with E-state index < -0.39 is 0 Å². The Hall–Kier alpha value is -2.96. The standard InChI is InChI=1S/C25H32N4O3/c1-16(2)12-22(30)28-11-7-9-19(14-28)24-26-17(3)20-13-23(31)29(25(20)27-24)15-18-8-5-6-10-21(18)32-4/h5-6,8,10,16,19H,7,9,11-15H2,1-4H3. The SMILES string of the molecule is COc1ccccc1CN1C(=O)Cc2c(C)nc(C3CCCN(C(=O)CC(C)C)C3)nc21. The molecule has 0 saturated carbocycles. The largest absolute Gasteiger partial charge is 0.496 e. The van der Waals surface area contributed by atoms with Crippen LogP contribution in [0.25, 0.3) is 0 Å². The maximum atomic E-state index is 12.9. The van der Waals surface area contributed by atoms with Crippen molar-refractivity contribution in [3.63, 3.8) is 0 Å². The highest BCUT2D eigenvalue weighted by molar-refractivity contribution is 6.00. The monoisotopic (exact) mass is 436 g/mol. The zero-order valence-corrected chi connectivity index (χ0v) is 19.4. The summed E-state index contributed by atoms with van der Waals surface area (Å²) in [7, 11) is 1.64. The number of carbonyl (C=O) groups excluding carboxylic acids is 2. The molecule has 170 valence electrons. The number of hydrogen-bond acceptors (Lipinski definition) is 5. The molecule has 2 amide bonds. The number of para-hydroxylation sites is 1. The molecule has 1 aromatic heterocycles. The number of fused-ring (bicyclic) bond motifs is 1. The van der Waals surface area contributed by atoms with Crippen molar-refractivity contribution in [2.45, 2.75) is 58.9 Å². The zero-order chi connectivity index (χ0) is 22.8. The number of methoxy groups -OCH3 is 1. The Morgan fingerprint density at radius 3 is 2.78 bits per heavy atom. The van der Waals surface area contributed by atoms with E-state index in [9.17, 15) is 9.59 Å². The molecule has 1 unspecified atom stereocenters. The van der Waals surface area contributed by atoms with Crippen molar-refractivity contribution in [3.8, 4) is 5.75 Å². The van der Waals surface area contributed by atoms with E-state index in [-0.39, 0.29) is 17.7 Å². The van der Waals surface area contributed by atoms with Crippen LogP contribution in [0.1, 0.15) is 61.7 Å². The van der Waals surface area contributed by atoms with E-state index in [1.54, 1.807) is 12.0 Å². The molecule has 1 aromatic carbocycles. The molecule has 3 heterocycles. The minimum Gasteiger partial charge on any atom is -0.496 e. The van der Waals surface area contributed by atoms with Gasteiger partial charge in [0.15, 0.2) is 0 Å². The van der Waals surface area contributed by atoms with Gasteiger partial charge in [-0.15, -0.1) is 0 Å². The molecule has 2 aliphatic rings. The normalized spacial score (nSPS) is 18.3. The lowest BCUT2D eigenvalue weighted by Crippen LogP contribution is -2.40. The van der Waals surface area contributed by atoms with E-state index in [1.165, 1.54) is 0 Å². The average molecular weight is 437 g/mol. The number of anilines is 1. The molecule has 0 N–H and O–H groups in total. The quantitative estimate of drug-likeness (QED) is 0.691. The first-order chi connectivity index (χ1) is 15.4. The zero-order valence-electron chi connectivity index (χ0n) is 19.4. The first-order valence-corrected chi connectivity index (χ1v) is 11.4. The Bertz CT molecular complexity index is 1020. The summed E-state index contributed by atoms with van der Waals surface area (Å²) in [5.41, 5.74) is 2.70. The van der Waals surface area contributed by atoms with Crippen LogP contribution in [0, 0.1) is 12.8 Å². The number of hydrogen-bond donors (Lipinski definition) is 0. The predicted octanol–water partition coefficient (Wildman–Crippen LogP) is 3.64. The number of likely N-dealkylation sites (tertiary alicyclic amines) is 1. The van der Waals surface area contributed by atoms with Crippen molar-refractivity contribution < 1.29 is 14.3 Å². The van der Waals surface area contributed by atoms with E-state index in [4.69, 9.17) is 14.7 Å². The van der Waals surface area contributed by atoms with E-state index in [1.807, 2.05) is 36.1 Å². The van der Waals surface area contributed by atoms with Crippen molar-refractivity contribution in [1.29, 1.82) is 0 Å². The molecule has 2 aliphatic heterocycles. The molecule has 0 bridgehead atoms. The molecule has 0 radical (unpaired) electrons. The Balaban J connectivity index is 1.60. The summed E-state index contributed by atoms with van der Waals surface area (Å²) in [6.07, 6.45) is 2.78. The van der Waals surface area contributed by atoms with E-state index in [0.717, 1.165) is 47.8 Å². The number of aryl methyl sites for hydroxylation is 1. The van der Waals surface area contributed by atoms with Crippen LogP contribution < -0.4 is 9.64 Å². The molecule has 2 aromatic rings. The summed E-state index contributed by atoms with van der Waals surface area (Å²) in [6.45, 7) is 7.94. The lowest BCUT2D eigenvalue weighted by molar-refractivity contribution is -0.133. The van der Waals surface area contributed by atoms with Crippen LogP contribution in [-0.2, 0) is 22.6 Å². The molecule has 1 atom stereocenters. The van der Waals surface area contributed by atoms with Gasteiger partial charge in [0.2, 0.25) is 11.8 Å². The highest BCUT2D eigenvalue weighted by atomic mass is 16.5. The molecule has 32 heavy (non-hydrogen) atoms. The maximum Gasteiger partial charge on any atom is 0.233 e. The lowest BCUT2D eigenvalue weighted by Gasteiger charge is -2.33. The number of aromatic nitrogens is 2. The predicted molar refractivity (Wildman–Crippen MR) is 123 cm³/mol. The topological polar surface area (TPSA) is 75.6 Å². The average Bonchev–Trinajstić information content (AvgIpc) is 3.09. The highest BCUT2D eigenvalue weighted by Gasteiger charge is 2.34. The lowest BCUT2D eigenvalue weighted by atomic mass is 9.96. The molecule has 7 heteroatoms. The Labute approximate surface area is 189 Å². The molecule has 4 rings (SSSR count). The fraction of sp³-hybridized carbons (Fsp3) is 0.520. The molecular formula is C25H32N4O3. The minimum atomic E-state index is 0.0258. The van der Waals surface area contributed by atoms with Gasteiger partial charge in [-0.3, -0.25) is 14.5 Å².